The molecular weight excluding hydrogens is 338 g/mol. The van der Waals surface area contributed by atoms with Crippen LogP contribution in [-0.2, 0) is 15.4 Å². The first-order chi connectivity index (χ1) is 10.5. The van der Waals surface area contributed by atoms with Crippen LogP contribution >= 0.6 is 12.4 Å². The van der Waals surface area contributed by atoms with E-state index in [-0.39, 0.29) is 28.9 Å². The van der Waals surface area contributed by atoms with E-state index in [2.05, 4.69) is 10.1 Å². The summed E-state index contributed by atoms with van der Waals surface area (Å²) in [5.74, 6) is 0.754. The van der Waals surface area contributed by atoms with Gasteiger partial charge in [-0.15, -0.1) is 12.4 Å². The van der Waals surface area contributed by atoms with E-state index < -0.39 is 15.4 Å². The Labute approximate surface area is 141 Å². The highest BCUT2D eigenvalue weighted by atomic mass is 35.5. The largest absolute Gasteiger partial charge is 0.334 e. The smallest absolute Gasteiger partial charge is 0.259 e. The maximum atomic E-state index is 12.4. The van der Waals surface area contributed by atoms with Crippen molar-refractivity contribution in [3.05, 3.63) is 30.1 Å². The number of nitrogens with zero attached hydrogens (tertiary/aromatic N) is 2. The van der Waals surface area contributed by atoms with Gasteiger partial charge in [-0.05, 0) is 37.8 Å². The minimum Gasteiger partial charge on any atom is -0.334 e. The van der Waals surface area contributed by atoms with E-state index >= 15 is 0 Å². The lowest BCUT2D eigenvalue weighted by Gasteiger charge is -2.34. The van der Waals surface area contributed by atoms with E-state index in [1.54, 1.807) is 24.3 Å². The molecule has 1 aromatic carbocycles. The summed E-state index contributed by atoms with van der Waals surface area (Å²) in [4.78, 5) is 4.57. The zero-order valence-electron chi connectivity index (χ0n) is 12.9. The third-order valence-corrected chi connectivity index (χ3v) is 6.01. The van der Waals surface area contributed by atoms with Crippen molar-refractivity contribution in [2.45, 2.75) is 43.0 Å². The van der Waals surface area contributed by atoms with Crippen LogP contribution in [0.25, 0.3) is 11.5 Å². The predicted molar refractivity (Wildman–Crippen MR) is 89.0 cm³/mol. The van der Waals surface area contributed by atoms with Crippen molar-refractivity contribution >= 4 is 22.2 Å². The Hall–Kier alpha value is -1.44. The van der Waals surface area contributed by atoms with Crippen molar-refractivity contribution in [2.75, 3.05) is 5.75 Å². The molecule has 1 aliphatic carbocycles. The summed E-state index contributed by atoms with van der Waals surface area (Å²) in [6.45, 7) is 1.83. The first-order valence-corrected chi connectivity index (χ1v) is 9.07. The molecule has 1 aliphatic rings. The van der Waals surface area contributed by atoms with Gasteiger partial charge < -0.3 is 10.3 Å². The van der Waals surface area contributed by atoms with E-state index in [0.717, 1.165) is 19.3 Å². The fourth-order valence-electron chi connectivity index (χ4n) is 2.61. The highest BCUT2D eigenvalue weighted by molar-refractivity contribution is 7.91. The molecule has 8 heteroatoms. The molecule has 0 amide bonds. The van der Waals surface area contributed by atoms with Crippen molar-refractivity contribution in [1.29, 1.82) is 0 Å². The van der Waals surface area contributed by atoms with Gasteiger partial charge >= 0.3 is 0 Å². The van der Waals surface area contributed by atoms with Crippen molar-refractivity contribution in [3.8, 4) is 11.5 Å². The number of hydrogen-bond donors (Lipinski definition) is 1. The molecule has 0 unspecified atom stereocenters. The number of aromatic nitrogens is 2. The number of sulfone groups is 1. The van der Waals surface area contributed by atoms with Gasteiger partial charge in [-0.3, -0.25) is 0 Å². The van der Waals surface area contributed by atoms with Gasteiger partial charge in [0.25, 0.3) is 5.89 Å². The summed E-state index contributed by atoms with van der Waals surface area (Å²) in [6.07, 6.45) is 3.24. The molecule has 126 valence electrons. The minimum absolute atomic E-state index is 0. The van der Waals surface area contributed by atoms with Crippen LogP contribution in [0.2, 0.25) is 0 Å². The molecule has 1 saturated carbocycles. The van der Waals surface area contributed by atoms with E-state index in [9.17, 15) is 8.42 Å². The van der Waals surface area contributed by atoms with Crippen molar-refractivity contribution in [1.82, 2.24) is 10.1 Å². The summed E-state index contributed by atoms with van der Waals surface area (Å²) in [6, 6.07) is 6.71. The van der Waals surface area contributed by atoms with Crippen LogP contribution in [0.4, 0.5) is 0 Å². The van der Waals surface area contributed by atoms with Gasteiger partial charge in [-0.1, -0.05) is 24.2 Å². The molecule has 23 heavy (non-hydrogen) atoms. The van der Waals surface area contributed by atoms with Gasteiger partial charge in [0, 0.05) is 0 Å². The van der Waals surface area contributed by atoms with Crippen LogP contribution in [-0.4, -0.2) is 24.3 Å². The van der Waals surface area contributed by atoms with Gasteiger partial charge in [0.1, 0.15) is 0 Å². The summed E-state index contributed by atoms with van der Waals surface area (Å²) >= 11 is 0. The lowest BCUT2D eigenvalue weighted by Crippen LogP contribution is -2.44. The van der Waals surface area contributed by atoms with Crippen LogP contribution < -0.4 is 5.73 Å². The maximum Gasteiger partial charge on any atom is 0.259 e. The molecule has 0 aliphatic heterocycles. The maximum absolute atomic E-state index is 12.4. The number of halogens is 1. The Kier molecular flexibility index (Phi) is 5.13. The Morgan fingerprint density at radius 2 is 2.00 bits per heavy atom. The molecule has 1 fully saturated rings. The lowest BCUT2D eigenvalue weighted by atomic mass is 9.77. The second-order valence-corrected chi connectivity index (χ2v) is 7.83. The topological polar surface area (TPSA) is 99.1 Å². The normalized spacial score (nSPS) is 16.4. The monoisotopic (exact) mass is 357 g/mol. The second-order valence-electron chi connectivity index (χ2n) is 5.75. The Morgan fingerprint density at radius 1 is 1.30 bits per heavy atom. The van der Waals surface area contributed by atoms with Crippen molar-refractivity contribution in [3.63, 3.8) is 0 Å². The second kappa shape index (κ2) is 6.59. The zero-order chi connectivity index (χ0) is 15.8. The first-order valence-electron chi connectivity index (χ1n) is 7.41. The third-order valence-electron chi connectivity index (χ3n) is 4.04. The number of nitrogens with two attached hydrogens (primary N) is 1. The van der Waals surface area contributed by atoms with E-state index in [1.807, 2.05) is 6.92 Å². The summed E-state index contributed by atoms with van der Waals surface area (Å²) < 4.78 is 30.0. The molecule has 2 N–H and O–H groups in total. The molecule has 3 rings (SSSR count). The lowest BCUT2D eigenvalue weighted by molar-refractivity contribution is 0.229. The molecule has 2 aromatic rings. The van der Waals surface area contributed by atoms with Crippen LogP contribution in [0.3, 0.4) is 0 Å². The summed E-state index contributed by atoms with van der Waals surface area (Å²) in [7, 11) is -3.37. The van der Waals surface area contributed by atoms with Crippen molar-refractivity contribution in [2.24, 2.45) is 5.73 Å². The number of hydrogen-bond acceptors (Lipinski definition) is 6. The van der Waals surface area contributed by atoms with Gasteiger partial charge in [0.15, 0.2) is 15.7 Å². The van der Waals surface area contributed by atoms with E-state index in [0.29, 0.717) is 17.8 Å². The first kappa shape index (κ1) is 17.9. The fourth-order valence-corrected chi connectivity index (χ4v) is 4.14. The Bertz CT molecular complexity index is 785. The van der Waals surface area contributed by atoms with Gasteiger partial charge in [0.2, 0.25) is 0 Å². The molecule has 1 aromatic heterocycles. The van der Waals surface area contributed by atoms with Crippen LogP contribution in [0.1, 0.15) is 38.4 Å². The van der Waals surface area contributed by atoms with Gasteiger partial charge in [-0.2, -0.15) is 4.98 Å². The van der Waals surface area contributed by atoms with Crippen LogP contribution in [0, 0.1) is 0 Å². The molecule has 0 saturated heterocycles. The molecule has 0 spiro atoms. The molecule has 0 atom stereocenters. The quantitative estimate of drug-likeness (QED) is 0.883. The molecule has 0 radical (unpaired) electrons. The predicted octanol–water partition coefficient (Wildman–Crippen LogP) is 2.68. The third kappa shape index (κ3) is 3.27. The van der Waals surface area contributed by atoms with Crippen LogP contribution in [0.5, 0.6) is 0 Å². The average molecular weight is 358 g/mol. The SMILES string of the molecule is CCCS(=O)(=O)c1ccccc1-c1nc(C2(N)CCC2)no1.Cl. The Balaban J connectivity index is 0.00000192. The Morgan fingerprint density at radius 3 is 2.61 bits per heavy atom. The van der Waals surface area contributed by atoms with Crippen LogP contribution in [0.15, 0.2) is 33.7 Å². The van der Waals surface area contributed by atoms with E-state index in [1.165, 1.54) is 0 Å². The van der Waals surface area contributed by atoms with Gasteiger partial charge in [0.05, 0.1) is 21.8 Å². The van der Waals surface area contributed by atoms with Crippen molar-refractivity contribution < 1.29 is 12.9 Å². The fraction of sp³-hybridized carbons (Fsp3) is 0.467. The van der Waals surface area contributed by atoms with Gasteiger partial charge in [-0.25, -0.2) is 8.42 Å². The zero-order valence-corrected chi connectivity index (χ0v) is 14.5. The van der Waals surface area contributed by atoms with E-state index in [4.69, 9.17) is 10.3 Å². The highest BCUT2D eigenvalue weighted by Crippen LogP contribution is 2.38. The minimum atomic E-state index is -3.37. The molecule has 1 heterocycles. The summed E-state index contributed by atoms with van der Waals surface area (Å²) in [5.41, 5.74) is 6.10. The highest BCUT2D eigenvalue weighted by Gasteiger charge is 2.39. The molecule has 6 nitrogen and oxygen atoms in total. The summed E-state index contributed by atoms with van der Waals surface area (Å²) in [5, 5.41) is 3.95. The number of benzene rings is 1. The molecular formula is C15H20ClN3O3S. The average Bonchev–Trinajstić information content (AvgIpc) is 2.95. The molecule has 0 bridgehead atoms. The standard InChI is InChI=1S/C15H19N3O3S.ClH/c1-2-10-22(19,20)12-7-4-3-6-11(12)13-17-14(18-21-13)15(16)8-5-9-15;/h3-4,6-7H,2,5,8-10,16H2,1H3;1H. The number of rotatable bonds is 5.